The SMILES string of the molecule is CC(C)c1cncc(CC(C)c2c[nH]cn2)c1. The molecule has 3 heteroatoms. The topological polar surface area (TPSA) is 41.6 Å². The van der Waals surface area contributed by atoms with Crippen molar-refractivity contribution in [1.29, 1.82) is 0 Å². The lowest BCUT2D eigenvalue weighted by Gasteiger charge is -2.11. The van der Waals surface area contributed by atoms with Crippen LogP contribution >= 0.6 is 0 Å². The molecule has 1 unspecified atom stereocenters. The molecule has 2 heterocycles. The lowest BCUT2D eigenvalue weighted by molar-refractivity contribution is 0.730. The molecule has 90 valence electrons. The summed E-state index contributed by atoms with van der Waals surface area (Å²) >= 11 is 0. The molecule has 0 amide bonds. The quantitative estimate of drug-likeness (QED) is 0.874. The fourth-order valence-electron chi connectivity index (χ4n) is 1.93. The average Bonchev–Trinajstić information content (AvgIpc) is 2.82. The summed E-state index contributed by atoms with van der Waals surface area (Å²) in [6, 6.07) is 2.25. The number of nitrogens with zero attached hydrogens (tertiary/aromatic N) is 2. The molecule has 0 saturated heterocycles. The van der Waals surface area contributed by atoms with Crippen LogP contribution in [0, 0.1) is 0 Å². The number of hydrogen-bond donors (Lipinski definition) is 1. The Morgan fingerprint density at radius 1 is 1.24 bits per heavy atom. The first-order chi connectivity index (χ1) is 8.16. The maximum Gasteiger partial charge on any atom is 0.0923 e. The van der Waals surface area contributed by atoms with Gasteiger partial charge < -0.3 is 4.98 Å². The second-order valence-corrected chi connectivity index (χ2v) is 4.88. The molecule has 0 aliphatic carbocycles. The van der Waals surface area contributed by atoms with Crippen molar-refractivity contribution < 1.29 is 0 Å². The van der Waals surface area contributed by atoms with E-state index in [-0.39, 0.29) is 0 Å². The first kappa shape index (κ1) is 11.8. The van der Waals surface area contributed by atoms with Crippen molar-refractivity contribution in [1.82, 2.24) is 15.0 Å². The van der Waals surface area contributed by atoms with Crippen LogP contribution in [0.25, 0.3) is 0 Å². The highest BCUT2D eigenvalue weighted by Gasteiger charge is 2.09. The molecule has 1 atom stereocenters. The van der Waals surface area contributed by atoms with Gasteiger partial charge in [0, 0.05) is 24.5 Å². The molecule has 17 heavy (non-hydrogen) atoms. The van der Waals surface area contributed by atoms with Crippen molar-refractivity contribution in [3.8, 4) is 0 Å². The molecular formula is C14H19N3. The predicted octanol–water partition coefficient (Wildman–Crippen LogP) is 3.27. The number of hydrogen-bond acceptors (Lipinski definition) is 2. The molecule has 2 aromatic heterocycles. The number of aromatic nitrogens is 3. The summed E-state index contributed by atoms with van der Waals surface area (Å²) in [5.74, 6) is 0.952. The van der Waals surface area contributed by atoms with E-state index in [1.165, 1.54) is 11.1 Å². The summed E-state index contributed by atoms with van der Waals surface area (Å²) in [4.78, 5) is 11.6. The minimum Gasteiger partial charge on any atom is -0.351 e. The van der Waals surface area contributed by atoms with Gasteiger partial charge in [0.15, 0.2) is 0 Å². The Balaban J connectivity index is 2.11. The number of imidazole rings is 1. The molecule has 0 aromatic carbocycles. The molecule has 0 saturated carbocycles. The van der Waals surface area contributed by atoms with Crippen molar-refractivity contribution in [2.45, 2.75) is 39.0 Å². The van der Waals surface area contributed by atoms with Gasteiger partial charge in [0.2, 0.25) is 0 Å². The molecule has 3 nitrogen and oxygen atoms in total. The van der Waals surface area contributed by atoms with Crippen molar-refractivity contribution in [3.63, 3.8) is 0 Å². The maximum absolute atomic E-state index is 4.31. The Morgan fingerprint density at radius 2 is 2.06 bits per heavy atom. The Hall–Kier alpha value is -1.64. The van der Waals surface area contributed by atoms with Crippen LogP contribution in [0.1, 0.15) is 49.4 Å². The van der Waals surface area contributed by atoms with Crippen LogP contribution in [0.2, 0.25) is 0 Å². The lowest BCUT2D eigenvalue weighted by atomic mass is 9.97. The van der Waals surface area contributed by atoms with Crippen LogP contribution < -0.4 is 0 Å². The second kappa shape index (κ2) is 5.13. The summed E-state index contributed by atoms with van der Waals surface area (Å²) in [6.07, 6.45) is 8.58. The molecule has 1 N–H and O–H groups in total. The smallest absolute Gasteiger partial charge is 0.0923 e. The molecule has 0 aliphatic rings. The minimum atomic E-state index is 0.422. The Kier molecular flexibility index (Phi) is 3.57. The van der Waals surface area contributed by atoms with Crippen molar-refractivity contribution in [2.24, 2.45) is 0 Å². The highest BCUT2D eigenvalue weighted by molar-refractivity contribution is 5.22. The largest absolute Gasteiger partial charge is 0.351 e. The lowest BCUT2D eigenvalue weighted by Crippen LogP contribution is -2.00. The summed E-state index contributed by atoms with van der Waals surface area (Å²) in [5.41, 5.74) is 3.70. The summed E-state index contributed by atoms with van der Waals surface area (Å²) in [5, 5.41) is 0. The zero-order chi connectivity index (χ0) is 12.3. The summed E-state index contributed by atoms with van der Waals surface area (Å²) < 4.78 is 0. The van der Waals surface area contributed by atoms with E-state index < -0.39 is 0 Å². The zero-order valence-corrected chi connectivity index (χ0v) is 10.6. The number of nitrogens with one attached hydrogen (secondary N) is 1. The van der Waals surface area contributed by atoms with E-state index in [1.54, 1.807) is 6.33 Å². The standard InChI is InChI=1S/C14H19N3/c1-10(2)13-5-12(6-15-7-13)4-11(3)14-8-16-9-17-14/h5-11H,4H2,1-3H3,(H,16,17). The monoisotopic (exact) mass is 229 g/mol. The third-order valence-corrected chi connectivity index (χ3v) is 3.05. The number of aromatic amines is 1. The van der Waals surface area contributed by atoms with Gasteiger partial charge in [-0.15, -0.1) is 0 Å². The van der Waals surface area contributed by atoms with Gasteiger partial charge in [-0.1, -0.05) is 26.8 Å². The predicted molar refractivity (Wildman–Crippen MR) is 69.0 cm³/mol. The van der Waals surface area contributed by atoms with Crippen molar-refractivity contribution >= 4 is 0 Å². The summed E-state index contributed by atoms with van der Waals surface area (Å²) in [6.45, 7) is 6.58. The van der Waals surface area contributed by atoms with E-state index in [0.29, 0.717) is 11.8 Å². The fourth-order valence-corrected chi connectivity index (χ4v) is 1.93. The van der Waals surface area contributed by atoms with Gasteiger partial charge in [0.05, 0.1) is 12.0 Å². The van der Waals surface area contributed by atoms with Crippen LogP contribution in [0.5, 0.6) is 0 Å². The van der Waals surface area contributed by atoms with Crippen molar-refractivity contribution in [3.05, 3.63) is 47.8 Å². The maximum atomic E-state index is 4.31. The van der Waals surface area contributed by atoms with Gasteiger partial charge in [-0.2, -0.15) is 0 Å². The van der Waals surface area contributed by atoms with Crippen LogP contribution in [0.15, 0.2) is 31.0 Å². The third-order valence-electron chi connectivity index (χ3n) is 3.05. The van der Waals surface area contributed by atoms with Gasteiger partial charge in [0.1, 0.15) is 0 Å². The van der Waals surface area contributed by atoms with E-state index >= 15 is 0 Å². The molecular weight excluding hydrogens is 210 g/mol. The number of H-pyrrole nitrogens is 1. The van der Waals surface area contributed by atoms with Crippen LogP contribution in [0.4, 0.5) is 0 Å². The fraction of sp³-hybridized carbons (Fsp3) is 0.429. The molecule has 0 aliphatic heterocycles. The van der Waals surface area contributed by atoms with Gasteiger partial charge in [0.25, 0.3) is 0 Å². The Bertz CT molecular complexity index is 460. The molecule has 0 fully saturated rings. The normalized spacial score (nSPS) is 12.9. The first-order valence-corrected chi connectivity index (χ1v) is 6.09. The van der Waals surface area contributed by atoms with Gasteiger partial charge in [-0.25, -0.2) is 4.98 Å². The van der Waals surface area contributed by atoms with Crippen molar-refractivity contribution in [2.75, 3.05) is 0 Å². The first-order valence-electron chi connectivity index (χ1n) is 6.09. The van der Waals surface area contributed by atoms with Gasteiger partial charge in [-0.3, -0.25) is 4.98 Å². The average molecular weight is 229 g/mol. The van der Waals surface area contributed by atoms with E-state index in [0.717, 1.165) is 12.1 Å². The molecule has 2 aromatic rings. The third kappa shape index (κ3) is 2.93. The molecule has 0 bridgehead atoms. The minimum absolute atomic E-state index is 0.422. The van der Waals surface area contributed by atoms with E-state index in [4.69, 9.17) is 0 Å². The number of pyridine rings is 1. The van der Waals surface area contributed by atoms with Crippen LogP contribution in [-0.2, 0) is 6.42 Å². The second-order valence-electron chi connectivity index (χ2n) is 4.88. The number of rotatable bonds is 4. The molecule has 2 rings (SSSR count). The zero-order valence-electron chi connectivity index (χ0n) is 10.6. The van der Waals surface area contributed by atoms with Gasteiger partial charge >= 0.3 is 0 Å². The van der Waals surface area contributed by atoms with Crippen LogP contribution in [0.3, 0.4) is 0 Å². The Labute approximate surface area is 102 Å². The Morgan fingerprint density at radius 3 is 2.71 bits per heavy atom. The molecule has 0 radical (unpaired) electrons. The van der Waals surface area contributed by atoms with E-state index in [1.807, 2.05) is 18.6 Å². The highest BCUT2D eigenvalue weighted by Crippen LogP contribution is 2.20. The van der Waals surface area contributed by atoms with E-state index in [9.17, 15) is 0 Å². The van der Waals surface area contributed by atoms with Crippen LogP contribution in [-0.4, -0.2) is 15.0 Å². The molecule has 0 spiro atoms. The van der Waals surface area contributed by atoms with E-state index in [2.05, 4.69) is 41.8 Å². The summed E-state index contributed by atoms with van der Waals surface area (Å²) in [7, 11) is 0. The highest BCUT2D eigenvalue weighted by atomic mass is 14.9. The van der Waals surface area contributed by atoms with Gasteiger partial charge in [-0.05, 0) is 23.5 Å².